The molecule has 8 N–H and O–H groups in total. The number of quaternary nitrogens is 1. The van der Waals surface area contributed by atoms with Gasteiger partial charge in [0.15, 0.2) is 46.0 Å². The third-order valence-corrected chi connectivity index (χ3v) is 9.29. The van der Waals surface area contributed by atoms with Gasteiger partial charge >= 0.3 is 0 Å². The monoisotopic (exact) mass is 1100 g/mol. The molecule has 16 nitrogen and oxygen atoms in total. The second-order valence-electron chi connectivity index (χ2n) is 16.2. The van der Waals surface area contributed by atoms with E-state index in [2.05, 4.69) is 50.6 Å². The van der Waals surface area contributed by atoms with Crippen LogP contribution in [0.1, 0.15) is 71.5 Å². The van der Waals surface area contributed by atoms with Crippen LogP contribution in [0.2, 0.25) is 0 Å². The Kier molecular flexibility index (Phi) is 23.6. The predicted molar refractivity (Wildman–Crippen MR) is 270 cm³/mol. The van der Waals surface area contributed by atoms with E-state index < -0.39 is 28.2 Å². The molecular formula is C50H77ClIN5O11+2. The molecule has 0 aromatic heterocycles. The fourth-order valence-electron chi connectivity index (χ4n) is 6.10. The van der Waals surface area contributed by atoms with E-state index in [0.29, 0.717) is 87.5 Å². The Balaban J connectivity index is 0. The molecule has 1 unspecified atom stereocenters. The minimum absolute atomic E-state index is 0. The van der Waals surface area contributed by atoms with E-state index in [9.17, 15) is 14.4 Å². The highest BCUT2D eigenvalue weighted by Gasteiger charge is 2.23. The fraction of sp³-hybridized carbons (Fsp3) is 0.440. The van der Waals surface area contributed by atoms with E-state index >= 15 is 0 Å². The van der Waals surface area contributed by atoms with Gasteiger partial charge in [-0.25, -0.2) is 0 Å². The molecule has 4 aromatic rings. The second kappa shape index (κ2) is 35.6. The molecule has 0 saturated heterocycles. The largest absolute Gasteiger partial charge is 0.504 e. The van der Waals surface area contributed by atoms with E-state index in [0.717, 1.165) is 34.1 Å². The molecule has 1 aliphatic heterocycles. The van der Waals surface area contributed by atoms with Gasteiger partial charge < -0.3 is 60.2 Å². The Morgan fingerprint density at radius 3 is 1.66 bits per heavy atom. The van der Waals surface area contributed by atoms with E-state index in [1.807, 2.05) is 0 Å². The van der Waals surface area contributed by atoms with Gasteiger partial charge in [-0.05, 0) is 128 Å². The zero-order chi connectivity index (χ0) is 59.7. The standard InChI is InChI=1S/C11H15NO3.C11H13NO2.C11H24NO.C9H11NO3.C8H11NO2.ClH.H2I/c1-14-10-4-3-9(5-6-12-8-13)7-11(10)15-2;1-13-10-5-8-3-4-12-7-9(8)6-11(10)14-2;1-9(2)7-11(10(3)13)8-12(4,5)6;11-6-10-4-3-7-1-2-8(12)9(13)5-7;9-4-3-6-1-2-7(10)8(11)5-6;;/h3-4,7-8H,5-6H2,1-2H3,(H,12,13);5-7H,3-4H2,1-2H3;9,11H,7-8H2,1-6H3;1-2,5-6,12-13H,3-4H2,(H,10,11);1-2,5,10-11H,3-4,9H2;1H;1H2/q;;+1;;;;+1/i2*1D3,2D3;;;;;. The number of aromatic hydroxyl groups is 4. The van der Waals surface area contributed by atoms with Crippen molar-refractivity contribution >= 4 is 37.2 Å². The van der Waals surface area contributed by atoms with Crippen molar-refractivity contribution in [1.82, 2.24) is 10.6 Å². The Labute approximate surface area is 443 Å². The number of phenolic OH excluding ortho intramolecular Hbond substituents is 4. The Hall–Kier alpha value is -5.50. The van der Waals surface area contributed by atoms with Crippen molar-refractivity contribution in [1.29, 1.82) is 0 Å². The van der Waals surface area contributed by atoms with Gasteiger partial charge in [0.2, 0.25) is 36.8 Å². The van der Waals surface area contributed by atoms with Gasteiger partial charge in [-0.1, -0.05) is 32.0 Å². The number of carbonyl (C=O) groups excluding carboxylic acids is 3. The number of ketones is 1. The van der Waals surface area contributed by atoms with Gasteiger partial charge in [-0.15, -0.1) is 12.4 Å². The molecule has 1 aliphatic rings. The second-order valence-corrected chi connectivity index (χ2v) is 16.2. The molecule has 0 spiro atoms. The number of ether oxygens (including phenoxy) is 4. The number of halogens is 2. The summed E-state index contributed by atoms with van der Waals surface area (Å²) in [6, 6.07) is 16.5. The topological polar surface area (TPSA) is 231 Å². The summed E-state index contributed by atoms with van der Waals surface area (Å²) in [5.41, 5.74) is 9.32. The summed E-state index contributed by atoms with van der Waals surface area (Å²) >= 11 is 0. The van der Waals surface area contributed by atoms with Crippen molar-refractivity contribution in [2.75, 3.05) is 82.0 Å². The summed E-state index contributed by atoms with van der Waals surface area (Å²) in [6.45, 7) is 9.03. The van der Waals surface area contributed by atoms with Gasteiger partial charge in [-0.3, -0.25) is 19.4 Å². The van der Waals surface area contributed by atoms with Crippen molar-refractivity contribution in [2.24, 2.45) is 22.6 Å². The van der Waals surface area contributed by atoms with Gasteiger partial charge in [-0.2, -0.15) is 0 Å². The number of hydrogen-bond acceptors (Lipinski definition) is 13. The van der Waals surface area contributed by atoms with E-state index in [4.69, 9.17) is 61.6 Å². The van der Waals surface area contributed by atoms with Crippen LogP contribution in [-0.2, 0) is 40.1 Å². The molecular weight excluding hydrogens is 1010 g/mol. The lowest BCUT2D eigenvalue weighted by molar-refractivity contribution is -0.872. The Bertz CT molecular complexity index is 2530. The zero-order valence-corrected chi connectivity index (χ0v) is 42.7. The molecule has 0 bridgehead atoms. The van der Waals surface area contributed by atoms with Gasteiger partial charge in [0.1, 0.15) is 5.78 Å². The number of rotatable bonds is 19. The van der Waals surface area contributed by atoms with Crippen LogP contribution in [0.25, 0.3) is 0 Å². The van der Waals surface area contributed by atoms with Crippen molar-refractivity contribution in [3.05, 3.63) is 94.5 Å². The number of nitrogens with zero attached hydrogens (tertiary/aromatic N) is 2. The minimum atomic E-state index is -2.73. The summed E-state index contributed by atoms with van der Waals surface area (Å²) < 4.78 is 105. The molecule has 0 radical (unpaired) electrons. The summed E-state index contributed by atoms with van der Waals surface area (Å²) in [6.07, 6.45) is 6.21. The third kappa shape index (κ3) is 26.2. The number of Topliss-reactive ketones (excluding diaryl/α,β-unsaturated/α-hetero) is 1. The quantitative estimate of drug-likeness (QED) is 0.0236. The lowest BCUT2D eigenvalue weighted by Crippen LogP contribution is -3.00. The molecule has 0 aliphatic carbocycles. The first-order valence-electron chi connectivity index (χ1n) is 26.9. The number of hydrogen-bond donors (Lipinski definition) is 7. The average molecular weight is 1100 g/mol. The number of nitrogens with two attached hydrogens (primary N) is 1. The molecule has 18 heteroatoms. The number of fused-ring (bicyclic) bond motifs is 1. The molecule has 0 saturated carbocycles. The van der Waals surface area contributed by atoms with E-state index in [1.165, 1.54) is 48.5 Å². The highest BCUT2D eigenvalue weighted by Crippen LogP contribution is 2.31. The maximum absolute atomic E-state index is 11.3. The van der Waals surface area contributed by atoms with Crippen LogP contribution in [0.15, 0.2) is 71.7 Å². The molecule has 4 aromatic carbocycles. The first-order chi connectivity index (χ1) is 35.9. The van der Waals surface area contributed by atoms with Crippen molar-refractivity contribution in [3.63, 3.8) is 0 Å². The third-order valence-electron chi connectivity index (χ3n) is 9.29. The summed E-state index contributed by atoms with van der Waals surface area (Å²) in [5, 5.41) is 41.0. The average Bonchev–Trinajstić information content (AvgIpc) is 3.28. The number of benzene rings is 4. The minimum Gasteiger partial charge on any atom is -0.504 e. The van der Waals surface area contributed by atoms with Crippen LogP contribution in [0.3, 0.4) is 0 Å². The maximum atomic E-state index is 11.3. The fourth-order valence-corrected chi connectivity index (χ4v) is 6.10. The highest BCUT2D eigenvalue weighted by atomic mass is 127. The maximum Gasteiger partial charge on any atom is 0.235 e. The number of nitrogens with one attached hydrogen (secondary N) is 2. The first kappa shape index (κ1) is 45.0. The van der Waals surface area contributed by atoms with Crippen LogP contribution in [-0.4, -0.2) is 132 Å². The summed E-state index contributed by atoms with van der Waals surface area (Å²) in [4.78, 5) is 35.5. The van der Waals surface area contributed by atoms with Crippen molar-refractivity contribution in [3.8, 4) is 46.0 Å². The normalized spacial score (nSPS) is 14.5. The number of carbonyl (C=O) groups is 3. The lowest BCUT2D eigenvalue weighted by Gasteiger charge is -2.28. The molecule has 1 heterocycles. The number of methoxy groups -OCH3 is 4. The van der Waals surface area contributed by atoms with Crippen LogP contribution in [0, 0.1) is 11.8 Å². The first-order valence-corrected chi connectivity index (χ1v) is 20.9. The molecule has 1 atom stereocenters. The Morgan fingerprint density at radius 1 is 0.735 bits per heavy atom. The van der Waals surface area contributed by atoms with E-state index in [-0.39, 0.29) is 88.3 Å². The molecule has 0 fully saturated rings. The Morgan fingerprint density at radius 2 is 1.21 bits per heavy atom. The van der Waals surface area contributed by atoms with Gasteiger partial charge in [0.05, 0.1) is 78.2 Å². The molecule has 2 amide bonds. The smallest absolute Gasteiger partial charge is 0.235 e. The number of amides is 2. The number of phenols is 4. The van der Waals surface area contributed by atoms with Crippen LogP contribution in [0.5, 0.6) is 46.0 Å². The van der Waals surface area contributed by atoms with Crippen LogP contribution >= 0.6 is 12.4 Å². The SMILES string of the molecule is CC(=O)C(CC(C)C)C[N+](C)(C)C.Cl.NCCc1ccc(O)c(O)c1.O=CNCCc1ccc(O)c(O)c1.[2H]C([2H])([2H])Oc1cc2c(cc1OC([2H])([2H])[2H])CCN=C2.[2H]C([2H])([2H])Oc1ccc(CCNC=O)cc1OC([2H])([2H])[2H].[IH2+]. The van der Waals surface area contributed by atoms with Crippen LogP contribution < -0.4 is 59.3 Å². The molecule has 5 rings (SSSR count). The zero-order valence-electron chi connectivity index (χ0n) is 51.3. The van der Waals surface area contributed by atoms with Gasteiger partial charge in [0.25, 0.3) is 0 Å². The number of aliphatic imine (C=N–C) groups is 1. The molecule has 68 heavy (non-hydrogen) atoms. The summed E-state index contributed by atoms with van der Waals surface area (Å²) in [5.74, 6) is 0.135. The van der Waals surface area contributed by atoms with Crippen molar-refractivity contribution in [2.45, 2.75) is 52.9 Å². The van der Waals surface area contributed by atoms with Crippen molar-refractivity contribution < 1.29 is 98.7 Å². The lowest BCUT2D eigenvalue weighted by atomic mass is 9.93. The molecule has 380 valence electrons. The van der Waals surface area contributed by atoms with E-state index in [1.54, 1.807) is 31.3 Å². The van der Waals surface area contributed by atoms with Gasteiger partial charge in [0, 0.05) is 25.8 Å². The predicted octanol–water partition coefficient (Wildman–Crippen LogP) is 2.49. The summed E-state index contributed by atoms with van der Waals surface area (Å²) in [7, 11) is -4.40. The van der Waals surface area contributed by atoms with Crippen LogP contribution in [0.4, 0.5) is 0 Å². The highest BCUT2D eigenvalue weighted by molar-refractivity contribution is 5.85.